The monoisotopic (exact) mass is 533 g/mol. The number of ether oxygens (including phenoxy) is 3. The highest BCUT2D eigenvalue weighted by molar-refractivity contribution is 5.70. The SMILES string of the molecule is CCCC(=O)OC[C@H]1c2c(c(O)c(C)c3c2OCO3)CC2[C@@H]3c4c(cc(C)c(C)c4O)C[C@@H]([C@H](C#N)N21)N3C. The summed E-state index contributed by atoms with van der Waals surface area (Å²) in [6, 6.07) is 3.04. The number of benzene rings is 2. The minimum Gasteiger partial charge on any atom is -0.507 e. The Labute approximate surface area is 228 Å². The van der Waals surface area contributed by atoms with Crippen LogP contribution in [0.15, 0.2) is 6.07 Å². The standard InChI is InChI=1S/C30H35N3O6/c1-6-7-23(34)37-12-22-25-18(27(35)16(4)29-30(25)39-13-38-29)10-20-26-24-17(8-14(2)15(3)28(24)36)9-19(32(26)5)21(11-31)33(20)22/h8,19-22,26,35-36H,6-7,9-10,12-13H2,1-5H3/t19-,20?,21-,22-,26+/m0/s1. The van der Waals surface area contributed by atoms with Gasteiger partial charge in [-0.15, -0.1) is 0 Å². The van der Waals surface area contributed by atoms with Gasteiger partial charge in [-0.1, -0.05) is 13.0 Å². The van der Waals surface area contributed by atoms with E-state index >= 15 is 0 Å². The van der Waals surface area contributed by atoms with E-state index in [2.05, 4.69) is 21.9 Å². The fraction of sp³-hybridized carbons (Fsp3) is 0.533. The molecule has 206 valence electrons. The highest BCUT2D eigenvalue weighted by Gasteiger charge is 2.56. The number of hydrogen-bond acceptors (Lipinski definition) is 9. The maximum absolute atomic E-state index is 12.5. The molecular formula is C30H35N3O6. The average molecular weight is 534 g/mol. The summed E-state index contributed by atoms with van der Waals surface area (Å²) < 4.78 is 17.5. The van der Waals surface area contributed by atoms with Crippen LogP contribution in [-0.2, 0) is 22.4 Å². The van der Waals surface area contributed by atoms with E-state index in [1.165, 1.54) is 0 Å². The van der Waals surface area contributed by atoms with E-state index in [9.17, 15) is 20.3 Å². The number of esters is 1. The highest BCUT2D eigenvalue weighted by Crippen LogP contribution is 2.57. The lowest BCUT2D eigenvalue weighted by molar-refractivity contribution is -0.149. The molecule has 1 unspecified atom stereocenters. The minimum absolute atomic E-state index is 0.0216. The van der Waals surface area contributed by atoms with Gasteiger partial charge in [0.25, 0.3) is 0 Å². The number of aryl methyl sites for hydroxylation is 1. The number of hydrogen-bond donors (Lipinski definition) is 2. The van der Waals surface area contributed by atoms with Gasteiger partial charge in [0.15, 0.2) is 11.5 Å². The Bertz CT molecular complexity index is 1420. The number of carbonyl (C=O) groups is 1. The Morgan fingerprint density at radius 1 is 1.10 bits per heavy atom. The van der Waals surface area contributed by atoms with Gasteiger partial charge in [-0.2, -0.15) is 5.26 Å². The highest BCUT2D eigenvalue weighted by atomic mass is 16.7. The van der Waals surface area contributed by atoms with Crippen LogP contribution in [0.2, 0.25) is 0 Å². The van der Waals surface area contributed by atoms with E-state index in [0.29, 0.717) is 54.1 Å². The Morgan fingerprint density at radius 2 is 1.85 bits per heavy atom. The lowest BCUT2D eigenvalue weighted by Gasteiger charge is -2.59. The number of nitrogens with zero attached hydrogens (tertiary/aromatic N) is 3. The minimum atomic E-state index is -0.528. The normalized spacial score (nSPS) is 26.8. The fourth-order valence-corrected chi connectivity index (χ4v) is 7.32. The molecule has 9 nitrogen and oxygen atoms in total. The van der Waals surface area contributed by atoms with Gasteiger partial charge in [-0.05, 0) is 63.8 Å². The number of piperazine rings is 1. The summed E-state index contributed by atoms with van der Waals surface area (Å²) in [6.45, 7) is 7.71. The molecule has 39 heavy (non-hydrogen) atoms. The van der Waals surface area contributed by atoms with Crippen LogP contribution in [0.3, 0.4) is 0 Å². The van der Waals surface area contributed by atoms with Crippen molar-refractivity contribution in [1.29, 1.82) is 5.26 Å². The summed E-state index contributed by atoms with van der Waals surface area (Å²) in [5.74, 6) is 1.16. The van der Waals surface area contributed by atoms with Crippen LogP contribution in [-0.4, -0.2) is 64.6 Å². The second-order valence-corrected chi connectivity index (χ2v) is 11.3. The summed E-state index contributed by atoms with van der Waals surface area (Å²) in [5, 5.41) is 33.5. The van der Waals surface area contributed by atoms with Crippen molar-refractivity contribution in [2.45, 2.75) is 83.6 Å². The van der Waals surface area contributed by atoms with Crippen molar-refractivity contribution in [3.8, 4) is 29.1 Å². The molecule has 1 fully saturated rings. The average Bonchev–Trinajstić information content (AvgIpc) is 3.40. The van der Waals surface area contributed by atoms with Gasteiger partial charge >= 0.3 is 5.97 Å². The number of likely N-dealkylation sites (N-methyl/N-ethyl adjacent to an activating group) is 1. The molecule has 0 aromatic heterocycles. The lowest BCUT2D eigenvalue weighted by atomic mass is 9.71. The first kappa shape index (κ1) is 25.8. The Kier molecular flexibility index (Phi) is 6.16. The van der Waals surface area contributed by atoms with Crippen molar-refractivity contribution in [3.63, 3.8) is 0 Å². The maximum Gasteiger partial charge on any atom is 0.305 e. The third kappa shape index (κ3) is 3.61. The number of fused-ring (bicyclic) bond motifs is 9. The zero-order valence-corrected chi connectivity index (χ0v) is 23.1. The summed E-state index contributed by atoms with van der Waals surface area (Å²) in [4.78, 5) is 16.9. The molecule has 4 heterocycles. The summed E-state index contributed by atoms with van der Waals surface area (Å²) in [6.07, 6.45) is 2.02. The van der Waals surface area contributed by atoms with Crippen LogP contribution in [0.5, 0.6) is 23.0 Å². The van der Waals surface area contributed by atoms with Crippen LogP contribution in [0.1, 0.15) is 70.8 Å². The van der Waals surface area contributed by atoms with Gasteiger partial charge < -0.3 is 24.4 Å². The van der Waals surface area contributed by atoms with Gasteiger partial charge in [0.1, 0.15) is 24.1 Å². The second kappa shape index (κ2) is 9.32. The predicted molar refractivity (Wildman–Crippen MR) is 142 cm³/mol. The molecule has 0 saturated carbocycles. The third-order valence-electron chi connectivity index (χ3n) is 9.32. The van der Waals surface area contributed by atoms with Gasteiger partial charge in [-0.25, -0.2) is 0 Å². The number of phenols is 2. The molecule has 6 rings (SSSR count). The molecular weight excluding hydrogens is 498 g/mol. The van der Waals surface area contributed by atoms with Crippen molar-refractivity contribution in [2.75, 3.05) is 20.4 Å². The first-order valence-corrected chi connectivity index (χ1v) is 13.7. The molecule has 0 spiro atoms. The Balaban J connectivity index is 1.57. The molecule has 1 saturated heterocycles. The van der Waals surface area contributed by atoms with Gasteiger partial charge in [0, 0.05) is 40.8 Å². The number of carbonyl (C=O) groups excluding carboxylic acids is 1. The second-order valence-electron chi connectivity index (χ2n) is 11.3. The van der Waals surface area contributed by atoms with Crippen molar-refractivity contribution in [1.82, 2.24) is 9.80 Å². The van der Waals surface area contributed by atoms with Crippen molar-refractivity contribution >= 4 is 5.97 Å². The molecule has 2 bridgehead atoms. The molecule has 0 aliphatic carbocycles. The Morgan fingerprint density at radius 3 is 2.56 bits per heavy atom. The molecule has 2 aromatic carbocycles. The van der Waals surface area contributed by atoms with E-state index in [0.717, 1.165) is 27.8 Å². The summed E-state index contributed by atoms with van der Waals surface area (Å²) in [5.41, 5.74) is 5.85. The predicted octanol–water partition coefficient (Wildman–Crippen LogP) is 3.87. The van der Waals surface area contributed by atoms with Crippen molar-refractivity contribution < 1.29 is 29.2 Å². The van der Waals surface area contributed by atoms with Crippen LogP contribution in [0.25, 0.3) is 0 Å². The van der Waals surface area contributed by atoms with Gasteiger partial charge in [0.05, 0.1) is 18.2 Å². The van der Waals surface area contributed by atoms with E-state index < -0.39 is 12.1 Å². The molecule has 2 N–H and O–H groups in total. The summed E-state index contributed by atoms with van der Waals surface area (Å²) in [7, 11) is 2.02. The zero-order chi connectivity index (χ0) is 27.7. The molecule has 0 radical (unpaired) electrons. The van der Waals surface area contributed by atoms with Crippen LogP contribution >= 0.6 is 0 Å². The topological polar surface area (TPSA) is 115 Å². The summed E-state index contributed by atoms with van der Waals surface area (Å²) >= 11 is 0. The van der Waals surface area contributed by atoms with Crippen LogP contribution in [0, 0.1) is 32.1 Å². The smallest absolute Gasteiger partial charge is 0.305 e. The Hall–Kier alpha value is -3.48. The largest absolute Gasteiger partial charge is 0.507 e. The van der Waals surface area contributed by atoms with Gasteiger partial charge in [0.2, 0.25) is 6.79 Å². The van der Waals surface area contributed by atoms with E-state index in [1.807, 2.05) is 27.8 Å². The van der Waals surface area contributed by atoms with E-state index in [4.69, 9.17) is 14.2 Å². The molecule has 5 atom stereocenters. The van der Waals surface area contributed by atoms with Gasteiger partial charge in [-0.3, -0.25) is 14.6 Å². The molecule has 4 aliphatic rings. The molecule has 0 amide bonds. The number of phenolic OH excluding ortho intramolecular Hbond substituents is 2. The number of rotatable bonds is 4. The van der Waals surface area contributed by atoms with Crippen molar-refractivity contribution in [3.05, 3.63) is 45.0 Å². The fourth-order valence-electron chi connectivity index (χ4n) is 7.32. The molecule has 2 aromatic rings. The maximum atomic E-state index is 12.5. The first-order valence-electron chi connectivity index (χ1n) is 13.7. The van der Waals surface area contributed by atoms with Crippen LogP contribution < -0.4 is 9.47 Å². The zero-order valence-electron chi connectivity index (χ0n) is 23.1. The quantitative estimate of drug-likeness (QED) is 0.565. The number of nitriles is 1. The lowest BCUT2D eigenvalue weighted by Crippen LogP contribution is -2.68. The van der Waals surface area contributed by atoms with E-state index in [1.54, 1.807) is 6.92 Å². The first-order chi connectivity index (χ1) is 18.7. The van der Waals surface area contributed by atoms with Crippen LogP contribution in [0.4, 0.5) is 0 Å². The number of aromatic hydroxyl groups is 2. The van der Waals surface area contributed by atoms with Crippen molar-refractivity contribution in [2.24, 2.45) is 0 Å². The molecule has 9 heteroatoms. The van der Waals surface area contributed by atoms with E-state index in [-0.39, 0.29) is 43.2 Å². The third-order valence-corrected chi connectivity index (χ3v) is 9.32. The molecule has 4 aliphatic heterocycles.